The van der Waals surface area contributed by atoms with Gasteiger partial charge in [-0.25, -0.2) is 4.79 Å². The number of esters is 1. The van der Waals surface area contributed by atoms with Crippen LogP contribution in [0.2, 0.25) is 0 Å². The Kier molecular flexibility index (Phi) is 8.59. The number of carbonyl (C=O) groups excluding carboxylic acids is 2. The highest BCUT2D eigenvalue weighted by atomic mass is 16.5. The molecule has 43 heavy (non-hydrogen) atoms. The summed E-state index contributed by atoms with van der Waals surface area (Å²) < 4.78 is 11.3. The van der Waals surface area contributed by atoms with Gasteiger partial charge in [-0.3, -0.25) is 4.79 Å². The van der Waals surface area contributed by atoms with Gasteiger partial charge in [-0.05, 0) is 97.3 Å². The molecule has 4 nitrogen and oxygen atoms in total. The Hall–Kier alpha value is -4.18. The monoisotopic (exact) mass is 574 g/mol. The Balaban J connectivity index is 1.34. The van der Waals surface area contributed by atoms with Gasteiger partial charge in [0.25, 0.3) is 0 Å². The van der Waals surface area contributed by atoms with E-state index in [4.69, 9.17) is 9.47 Å². The molecule has 1 aliphatic rings. The molecule has 1 fully saturated rings. The molecule has 4 aromatic rings. The van der Waals surface area contributed by atoms with E-state index in [1.807, 2.05) is 62.4 Å². The summed E-state index contributed by atoms with van der Waals surface area (Å²) >= 11 is 0. The van der Waals surface area contributed by atoms with E-state index in [9.17, 15) is 9.59 Å². The number of rotatable bonds is 8. The number of ether oxygens (including phenoxy) is 2. The first-order chi connectivity index (χ1) is 20.5. The predicted octanol–water partition coefficient (Wildman–Crippen LogP) is 9.31. The maximum Gasteiger partial charge on any atom is 0.343 e. The lowest BCUT2D eigenvalue weighted by Gasteiger charge is -2.38. The summed E-state index contributed by atoms with van der Waals surface area (Å²) in [7, 11) is 1.69. The summed E-state index contributed by atoms with van der Waals surface area (Å²) in [4.78, 5) is 25.2. The van der Waals surface area contributed by atoms with Crippen molar-refractivity contribution in [1.82, 2.24) is 0 Å². The second-order valence-electron chi connectivity index (χ2n) is 12.5. The molecule has 0 amide bonds. The van der Waals surface area contributed by atoms with Gasteiger partial charge in [-0.15, -0.1) is 0 Å². The number of hydrogen-bond donors (Lipinski definition) is 0. The van der Waals surface area contributed by atoms with E-state index in [2.05, 4.69) is 50.2 Å². The zero-order chi connectivity index (χ0) is 30.8. The van der Waals surface area contributed by atoms with Crippen molar-refractivity contribution in [3.8, 4) is 11.5 Å². The average Bonchev–Trinajstić information content (AvgIpc) is 3.01. The van der Waals surface area contributed by atoms with E-state index in [1.165, 1.54) is 30.4 Å². The van der Waals surface area contributed by atoms with Crippen LogP contribution >= 0.6 is 0 Å². The van der Waals surface area contributed by atoms with Gasteiger partial charge in [0.2, 0.25) is 0 Å². The van der Waals surface area contributed by atoms with Gasteiger partial charge in [-0.2, -0.15) is 0 Å². The number of aryl methyl sites for hydroxylation is 2. The quantitative estimate of drug-likeness (QED) is 0.120. The molecule has 0 bridgehead atoms. The SMILES string of the molecule is COc1ccc(C2(c3ccc(OC(=O)c4ccc(C(C)(C)c5ccc(C(C)=O)c(C)c5)cc4C)cc3)CCCCC2)cc1. The second-order valence-corrected chi connectivity index (χ2v) is 12.5. The third kappa shape index (κ3) is 6.01. The number of benzene rings is 4. The molecule has 1 saturated carbocycles. The van der Waals surface area contributed by atoms with Crippen LogP contribution in [-0.2, 0) is 10.8 Å². The van der Waals surface area contributed by atoms with Gasteiger partial charge in [0.1, 0.15) is 11.5 Å². The largest absolute Gasteiger partial charge is 0.497 e. The first-order valence-electron chi connectivity index (χ1n) is 15.3. The van der Waals surface area contributed by atoms with E-state index in [1.54, 1.807) is 14.0 Å². The number of carbonyl (C=O) groups is 2. The van der Waals surface area contributed by atoms with E-state index in [0.29, 0.717) is 11.3 Å². The first-order valence-corrected chi connectivity index (χ1v) is 15.3. The highest BCUT2D eigenvalue weighted by Gasteiger charge is 2.35. The lowest BCUT2D eigenvalue weighted by molar-refractivity contribution is 0.0733. The topological polar surface area (TPSA) is 52.6 Å². The molecule has 0 heterocycles. The third-order valence-electron chi connectivity index (χ3n) is 9.46. The molecule has 4 aromatic carbocycles. The normalized spacial score (nSPS) is 14.7. The van der Waals surface area contributed by atoms with Crippen molar-refractivity contribution in [3.63, 3.8) is 0 Å². The van der Waals surface area contributed by atoms with Crippen molar-refractivity contribution >= 4 is 11.8 Å². The Morgan fingerprint density at radius 1 is 0.674 bits per heavy atom. The highest BCUT2D eigenvalue weighted by Crippen LogP contribution is 2.45. The van der Waals surface area contributed by atoms with Crippen LogP contribution in [0.5, 0.6) is 11.5 Å². The molecule has 0 saturated heterocycles. The highest BCUT2D eigenvalue weighted by molar-refractivity contribution is 5.95. The lowest BCUT2D eigenvalue weighted by Crippen LogP contribution is -2.30. The van der Waals surface area contributed by atoms with Crippen LogP contribution in [0.1, 0.15) is 107 Å². The van der Waals surface area contributed by atoms with Gasteiger partial charge in [-0.1, -0.05) is 87.7 Å². The lowest BCUT2D eigenvalue weighted by atomic mass is 9.65. The van der Waals surface area contributed by atoms with E-state index in [0.717, 1.165) is 46.4 Å². The summed E-state index contributed by atoms with van der Waals surface area (Å²) in [6, 6.07) is 28.5. The first kappa shape index (κ1) is 30.3. The van der Waals surface area contributed by atoms with Crippen molar-refractivity contribution < 1.29 is 19.1 Å². The molecule has 0 spiro atoms. The number of ketones is 1. The van der Waals surface area contributed by atoms with Gasteiger partial charge in [0.15, 0.2) is 5.78 Å². The molecular weight excluding hydrogens is 532 g/mol. The molecule has 0 radical (unpaired) electrons. The molecule has 4 heteroatoms. The van der Waals surface area contributed by atoms with Crippen LogP contribution in [0.4, 0.5) is 0 Å². The van der Waals surface area contributed by atoms with Crippen molar-refractivity contribution in [2.24, 2.45) is 0 Å². The fourth-order valence-electron chi connectivity index (χ4n) is 6.71. The van der Waals surface area contributed by atoms with Gasteiger partial charge >= 0.3 is 5.97 Å². The Morgan fingerprint density at radius 3 is 1.63 bits per heavy atom. The van der Waals surface area contributed by atoms with Crippen molar-refractivity contribution in [2.75, 3.05) is 7.11 Å². The van der Waals surface area contributed by atoms with Crippen LogP contribution in [0.15, 0.2) is 84.9 Å². The summed E-state index contributed by atoms with van der Waals surface area (Å²) in [6.45, 7) is 9.84. The molecular formula is C39H42O4. The third-order valence-corrected chi connectivity index (χ3v) is 9.46. The minimum Gasteiger partial charge on any atom is -0.497 e. The minimum atomic E-state index is -0.362. The zero-order valence-electron chi connectivity index (χ0n) is 26.3. The zero-order valence-corrected chi connectivity index (χ0v) is 26.3. The Morgan fingerprint density at radius 2 is 1.16 bits per heavy atom. The fourth-order valence-corrected chi connectivity index (χ4v) is 6.71. The summed E-state index contributed by atoms with van der Waals surface area (Å²) in [5, 5.41) is 0. The summed E-state index contributed by atoms with van der Waals surface area (Å²) in [6.07, 6.45) is 5.84. The van der Waals surface area contributed by atoms with Gasteiger partial charge < -0.3 is 9.47 Å². The molecule has 0 unspecified atom stereocenters. The van der Waals surface area contributed by atoms with Gasteiger partial charge in [0, 0.05) is 16.4 Å². The second kappa shape index (κ2) is 12.2. The van der Waals surface area contributed by atoms with E-state index in [-0.39, 0.29) is 22.6 Å². The van der Waals surface area contributed by atoms with Crippen molar-refractivity contribution in [2.45, 2.75) is 77.6 Å². The predicted molar refractivity (Wildman–Crippen MR) is 173 cm³/mol. The van der Waals surface area contributed by atoms with Crippen molar-refractivity contribution in [3.05, 3.63) is 129 Å². The van der Waals surface area contributed by atoms with Crippen LogP contribution in [0.25, 0.3) is 0 Å². The number of methoxy groups -OCH3 is 1. The molecule has 0 atom stereocenters. The smallest absolute Gasteiger partial charge is 0.343 e. The minimum absolute atomic E-state index is 0.0444. The molecule has 1 aliphatic carbocycles. The standard InChI is InChI=1S/C39H42O4/c1-26-24-31(14-20-35(26)28(3)40)38(4,5)32-15-21-36(27(2)25-32)37(41)43-34-18-12-30(13-19-34)39(22-8-7-9-23-39)29-10-16-33(42-6)17-11-29/h10-21,24-25H,7-9,22-23H2,1-6H3. The average molecular weight is 575 g/mol. The molecule has 5 rings (SSSR count). The van der Waals surface area contributed by atoms with Gasteiger partial charge in [0.05, 0.1) is 12.7 Å². The van der Waals surface area contributed by atoms with Crippen LogP contribution < -0.4 is 9.47 Å². The molecule has 222 valence electrons. The van der Waals surface area contributed by atoms with Crippen molar-refractivity contribution in [1.29, 1.82) is 0 Å². The summed E-state index contributed by atoms with van der Waals surface area (Å²) in [5.41, 5.74) is 7.56. The Labute approximate surface area is 256 Å². The maximum atomic E-state index is 13.3. The molecule has 0 aliphatic heterocycles. The maximum absolute atomic E-state index is 13.3. The number of Topliss-reactive ketones (excluding diaryl/α,β-unsaturated/α-hetero) is 1. The summed E-state index contributed by atoms with van der Waals surface area (Å²) in [5.74, 6) is 1.11. The van der Waals surface area contributed by atoms with E-state index < -0.39 is 0 Å². The molecule has 0 N–H and O–H groups in total. The van der Waals surface area contributed by atoms with Crippen LogP contribution in [-0.4, -0.2) is 18.9 Å². The van der Waals surface area contributed by atoms with Crippen LogP contribution in [0.3, 0.4) is 0 Å². The fraction of sp³-hybridized carbons (Fsp3) is 0.333. The number of hydrogen-bond acceptors (Lipinski definition) is 4. The van der Waals surface area contributed by atoms with E-state index >= 15 is 0 Å². The Bertz CT molecular complexity index is 1620. The molecule has 0 aromatic heterocycles. The van der Waals surface area contributed by atoms with Crippen LogP contribution in [0, 0.1) is 13.8 Å².